The van der Waals surface area contributed by atoms with Crippen LogP contribution in [0.25, 0.3) is 10.8 Å². The fourth-order valence-corrected chi connectivity index (χ4v) is 2.54. The van der Waals surface area contributed by atoms with Gasteiger partial charge in [0, 0.05) is 0 Å². The van der Waals surface area contributed by atoms with E-state index in [0.717, 1.165) is 4.68 Å². The molecule has 0 aliphatic rings. The molecule has 0 saturated carbocycles. The van der Waals surface area contributed by atoms with E-state index in [-0.39, 0.29) is 16.5 Å². The maximum absolute atomic E-state index is 12.9. The average Bonchev–Trinajstić information content (AvgIpc) is 2.71. The van der Waals surface area contributed by atoms with Crippen LogP contribution in [0.3, 0.4) is 0 Å². The summed E-state index contributed by atoms with van der Waals surface area (Å²) < 4.78 is 19.1. The number of hydrazine groups is 1. The van der Waals surface area contributed by atoms with Crippen molar-refractivity contribution in [2.45, 2.75) is 19.6 Å². The standard InChI is InChI=1S/C19H17FN4O5/c1-11(29-13-8-6-12(20)7-9-13)17(26)22-21-16(25)10-24-19(28)15-5-3-2-4-14(15)18(27)23-24/h2-9,11H,10H2,1H3,(H,21,25)(H,22,26)(H,23,27). The Bertz CT molecular complexity index is 1170. The third-order valence-electron chi connectivity index (χ3n) is 4.01. The zero-order valence-corrected chi connectivity index (χ0v) is 15.3. The number of aromatic amines is 1. The molecule has 2 amide bonds. The van der Waals surface area contributed by atoms with Crippen LogP contribution in [-0.4, -0.2) is 27.7 Å². The van der Waals surface area contributed by atoms with Gasteiger partial charge in [0.05, 0.1) is 10.8 Å². The zero-order chi connectivity index (χ0) is 21.0. The van der Waals surface area contributed by atoms with Crippen LogP contribution >= 0.6 is 0 Å². The zero-order valence-electron chi connectivity index (χ0n) is 15.3. The van der Waals surface area contributed by atoms with Crippen LogP contribution in [0.15, 0.2) is 58.1 Å². The lowest BCUT2D eigenvalue weighted by molar-refractivity contribution is -0.133. The van der Waals surface area contributed by atoms with Crippen LogP contribution in [0.1, 0.15) is 6.92 Å². The van der Waals surface area contributed by atoms with Gasteiger partial charge in [-0.15, -0.1) is 0 Å². The van der Waals surface area contributed by atoms with Gasteiger partial charge < -0.3 is 4.74 Å². The summed E-state index contributed by atoms with van der Waals surface area (Å²) in [5, 5.41) is 2.71. The van der Waals surface area contributed by atoms with Gasteiger partial charge >= 0.3 is 0 Å². The largest absolute Gasteiger partial charge is 0.481 e. The van der Waals surface area contributed by atoms with E-state index in [1.54, 1.807) is 12.1 Å². The molecule has 0 bridgehead atoms. The smallest absolute Gasteiger partial charge is 0.279 e. The summed E-state index contributed by atoms with van der Waals surface area (Å²) in [4.78, 5) is 48.5. The number of rotatable bonds is 5. The Kier molecular flexibility index (Phi) is 5.72. The third-order valence-corrected chi connectivity index (χ3v) is 4.01. The molecule has 10 heteroatoms. The predicted molar refractivity (Wildman–Crippen MR) is 102 cm³/mol. The molecule has 1 atom stereocenters. The summed E-state index contributed by atoms with van der Waals surface area (Å²) in [6.45, 7) is 0.933. The molecule has 0 radical (unpaired) electrons. The van der Waals surface area contributed by atoms with Crippen molar-refractivity contribution in [2.75, 3.05) is 0 Å². The van der Waals surface area contributed by atoms with E-state index in [2.05, 4.69) is 16.0 Å². The minimum Gasteiger partial charge on any atom is -0.481 e. The Morgan fingerprint density at radius 3 is 2.41 bits per heavy atom. The van der Waals surface area contributed by atoms with Gasteiger partial charge in [-0.1, -0.05) is 12.1 Å². The van der Waals surface area contributed by atoms with Crippen molar-refractivity contribution in [3.05, 3.63) is 75.1 Å². The lowest BCUT2D eigenvalue weighted by Gasteiger charge is -2.15. The highest BCUT2D eigenvalue weighted by atomic mass is 19.1. The number of nitrogens with zero attached hydrogens (tertiary/aromatic N) is 1. The van der Waals surface area contributed by atoms with Crippen molar-refractivity contribution in [2.24, 2.45) is 0 Å². The highest BCUT2D eigenvalue weighted by Gasteiger charge is 2.16. The van der Waals surface area contributed by atoms with E-state index < -0.39 is 41.4 Å². The monoisotopic (exact) mass is 400 g/mol. The van der Waals surface area contributed by atoms with Crippen molar-refractivity contribution < 1.29 is 18.7 Å². The molecular formula is C19H17FN4O5. The lowest BCUT2D eigenvalue weighted by atomic mass is 10.2. The number of hydrogen-bond acceptors (Lipinski definition) is 5. The topological polar surface area (TPSA) is 122 Å². The fraction of sp³-hybridized carbons (Fsp3) is 0.158. The predicted octanol–water partition coefficient (Wildman–Crippen LogP) is 0.444. The Balaban J connectivity index is 1.60. The van der Waals surface area contributed by atoms with Crippen molar-refractivity contribution in [3.8, 4) is 5.75 Å². The van der Waals surface area contributed by atoms with Crippen LogP contribution in [0, 0.1) is 5.82 Å². The normalized spacial score (nSPS) is 11.7. The Labute approximate surface area is 163 Å². The van der Waals surface area contributed by atoms with Crippen molar-refractivity contribution in [3.63, 3.8) is 0 Å². The Hall–Kier alpha value is -3.95. The number of H-pyrrole nitrogens is 1. The molecule has 3 N–H and O–H groups in total. The molecular weight excluding hydrogens is 383 g/mol. The Morgan fingerprint density at radius 1 is 1.07 bits per heavy atom. The van der Waals surface area contributed by atoms with Crippen LogP contribution in [-0.2, 0) is 16.1 Å². The second-order valence-corrected chi connectivity index (χ2v) is 6.13. The second-order valence-electron chi connectivity index (χ2n) is 6.13. The molecule has 1 heterocycles. The van der Waals surface area contributed by atoms with Crippen molar-refractivity contribution in [1.82, 2.24) is 20.6 Å². The number of hydrogen-bond donors (Lipinski definition) is 3. The number of carbonyl (C=O) groups is 2. The van der Waals surface area contributed by atoms with Crippen LogP contribution in [0.2, 0.25) is 0 Å². The number of ether oxygens (including phenoxy) is 1. The quantitative estimate of drug-likeness (QED) is 0.537. The van der Waals surface area contributed by atoms with Gasteiger partial charge in [-0.25, -0.2) is 9.07 Å². The summed E-state index contributed by atoms with van der Waals surface area (Å²) in [7, 11) is 0. The van der Waals surface area contributed by atoms with Gasteiger partial charge in [-0.2, -0.15) is 0 Å². The van der Waals surface area contributed by atoms with Crippen molar-refractivity contribution >= 4 is 22.6 Å². The Morgan fingerprint density at radius 2 is 1.72 bits per heavy atom. The number of nitrogens with one attached hydrogen (secondary N) is 3. The van der Waals surface area contributed by atoms with E-state index in [1.807, 2.05) is 0 Å². The first-order valence-electron chi connectivity index (χ1n) is 8.58. The SMILES string of the molecule is CC(Oc1ccc(F)cc1)C(=O)NNC(=O)Cn1[nH]c(=O)c2ccccc2c1=O. The summed E-state index contributed by atoms with van der Waals surface area (Å²) in [5.74, 6) is -1.56. The number of benzene rings is 2. The van der Waals surface area contributed by atoms with E-state index >= 15 is 0 Å². The molecule has 0 fully saturated rings. The van der Waals surface area contributed by atoms with Gasteiger partial charge in [0.2, 0.25) is 0 Å². The molecule has 0 aliphatic heterocycles. The van der Waals surface area contributed by atoms with Gasteiger partial charge in [0.1, 0.15) is 18.1 Å². The third kappa shape index (κ3) is 4.67. The first kappa shape index (κ1) is 19.8. The summed E-state index contributed by atoms with van der Waals surface area (Å²) in [5.41, 5.74) is 3.24. The highest BCUT2D eigenvalue weighted by molar-refractivity contribution is 5.85. The molecule has 0 spiro atoms. The molecule has 2 aromatic carbocycles. The molecule has 0 saturated heterocycles. The summed E-state index contributed by atoms with van der Waals surface area (Å²) >= 11 is 0. The molecule has 150 valence electrons. The van der Waals surface area contributed by atoms with E-state index in [1.165, 1.54) is 43.3 Å². The number of aromatic nitrogens is 2. The van der Waals surface area contributed by atoms with Crippen LogP contribution in [0.5, 0.6) is 5.75 Å². The van der Waals surface area contributed by atoms with Crippen molar-refractivity contribution in [1.29, 1.82) is 0 Å². The maximum Gasteiger partial charge on any atom is 0.279 e. The molecule has 1 unspecified atom stereocenters. The van der Waals surface area contributed by atoms with Gasteiger partial charge in [-0.05, 0) is 43.3 Å². The number of halogens is 1. The molecule has 9 nitrogen and oxygen atoms in total. The maximum atomic E-state index is 12.9. The minimum atomic E-state index is -0.982. The van der Waals surface area contributed by atoms with E-state index in [0.29, 0.717) is 0 Å². The van der Waals surface area contributed by atoms with Crippen LogP contribution in [0.4, 0.5) is 4.39 Å². The van der Waals surface area contributed by atoms with E-state index in [4.69, 9.17) is 4.74 Å². The molecule has 0 aliphatic carbocycles. The van der Waals surface area contributed by atoms with Gasteiger partial charge in [0.25, 0.3) is 22.9 Å². The first-order chi connectivity index (χ1) is 13.8. The highest BCUT2D eigenvalue weighted by Crippen LogP contribution is 2.12. The lowest BCUT2D eigenvalue weighted by Crippen LogP contribution is -2.49. The minimum absolute atomic E-state index is 0.175. The summed E-state index contributed by atoms with van der Waals surface area (Å²) in [6, 6.07) is 11.3. The number of carbonyl (C=O) groups excluding carboxylic acids is 2. The molecule has 3 rings (SSSR count). The number of fused-ring (bicyclic) bond motifs is 1. The van der Waals surface area contributed by atoms with E-state index in [9.17, 15) is 23.6 Å². The molecule has 1 aromatic heterocycles. The first-order valence-corrected chi connectivity index (χ1v) is 8.58. The molecule has 29 heavy (non-hydrogen) atoms. The van der Waals surface area contributed by atoms with Crippen LogP contribution < -0.4 is 26.7 Å². The average molecular weight is 400 g/mol. The summed E-state index contributed by atoms with van der Waals surface area (Å²) in [6.07, 6.45) is -0.982. The second kappa shape index (κ2) is 8.38. The number of amides is 2. The fourth-order valence-electron chi connectivity index (χ4n) is 2.54. The van der Waals surface area contributed by atoms with Gasteiger partial charge in [0.15, 0.2) is 6.10 Å². The molecule has 3 aromatic rings. The van der Waals surface area contributed by atoms with Gasteiger partial charge in [-0.3, -0.25) is 35.1 Å².